The van der Waals surface area contributed by atoms with Crippen molar-refractivity contribution in [3.63, 3.8) is 0 Å². The predicted molar refractivity (Wildman–Crippen MR) is 73.2 cm³/mol. The Kier molecular flexibility index (Phi) is 4.63. The summed E-state index contributed by atoms with van der Waals surface area (Å²) in [5, 5.41) is 0. The number of ether oxygens (including phenoxy) is 3. The maximum atomic E-state index is 5.90. The van der Waals surface area contributed by atoms with Gasteiger partial charge >= 0.3 is 0 Å². The van der Waals surface area contributed by atoms with Gasteiger partial charge in [-0.1, -0.05) is 0 Å². The zero-order valence-corrected chi connectivity index (χ0v) is 11.7. The summed E-state index contributed by atoms with van der Waals surface area (Å²) in [4.78, 5) is 0. The summed E-state index contributed by atoms with van der Waals surface area (Å²) in [6, 6.07) is 5.59. The highest BCUT2D eigenvalue weighted by Crippen LogP contribution is 2.35. The van der Waals surface area contributed by atoms with Crippen molar-refractivity contribution in [3.05, 3.63) is 23.8 Å². The molecule has 0 saturated carbocycles. The Balaban J connectivity index is 2.30. The van der Waals surface area contributed by atoms with Gasteiger partial charge < -0.3 is 14.2 Å². The van der Waals surface area contributed by atoms with Crippen LogP contribution in [-0.2, 0) is 4.74 Å². The molecule has 1 aliphatic rings. The molecule has 3 atom stereocenters. The molecule has 1 fully saturated rings. The first-order valence-electron chi connectivity index (χ1n) is 6.53. The number of nitrogens with one attached hydrogen (secondary N) is 1. The number of hydrogen-bond acceptors (Lipinski definition) is 5. The van der Waals surface area contributed by atoms with Gasteiger partial charge in [0.15, 0.2) is 0 Å². The highest BCUT2D eigenvalue weighted by molar-refractivity contribution is 5.42. The summed E-state index contributed by atoms with van der Waals surface area (Å²) in [5.41, 5.74) is 3.81. The molecule has 106 valence electrons. The maximum Gasteiger partial charge on any atom is 0.124 e. The molecular formula is C14H22N2O3. The number of nitrogens with two attached hydrogens (primary N) is 1. The van der Waals surface area contributed by atoms with E-state index in [0.29, 0.717) is 0 Å². The third-order valence-electron chi connectivity index (χ3n) is 3.59. The zero-order valence-electron chi connectivity index (χ0n) is 11.7. The lowest BCUT2D eigenvalue weighted by Gasteiger charge is -2.25. The molecule has 0 aromatic heterocycles. The first kappa shape index (κ1) is 14.1. The molecule has 0 amide bonds. The van der Waals surface area contributed by atoms with Gasteiger partial charge in [0, 0.05) is 5.56 Å². The van der Waals surface area contributed by atoms with Crippen LogP contribution in [0.1, 0.15) is 31.4 Å². The minimum absolute atomic E-state index is 0.0565. The van der Waals surface area contributed by atoms with Gasteiger partial charge in [-0.25, -0.2) is 0 Å². The van der Waals surface area contributed by atoms with Gasteiger partial charge in [-0.2, -0.15) is 0 Å². The van der Waals surface area contributed by atoms with Gasteiger partial charge in [-0.3, -0.25) is 11.3 Å². The fraction of sp³-hybridized carbons (Fsp3) is 0.571. The molecule has 3 N–H and O–H groups in total. The second kappa shape index (κ2) is 6.23. The Labute approximate surface area is 114 Å². The molecule has 1 heterocycles. The van der Waals surface area contributed by atoms with E-state index in [1.165, 1.54) is 0 Å². The first-order chi connectivity index (χ1) is 9.19. The van der Waals surface area contributed by atoms with Gasteiger partial charge in [-0.15, -0.1) is 0 Å². The zero-order chi connectivity index (χ0) is 13.8. The largest absolute Gasteiger partial charge is 0.497 e. The molecule has 5 heteroatoms. The van der Waals surface area contributed by atoms with Gasteiger partial charge in [-0.05, 0) is 38.0 Å². The molecule has 3 unspecified atom stereocenters. The van der Waals surface area contributed by atoms with Gasteiger partial charge in [0.25, 0.3) is 0 Å². The molecule has 1 aromatic rings. The predicted octanol–water partition coefficient (Wildman–Crippen LogP) is 1.78. The Hall–Kier alpha value is -1.30. The Morgan fingerprint density at radius 3 is 2.63 bits per heavy atom. The van der Waals surface area contributed by atoms with Crippen LogP contribution in [0.5, 0.6) is 11.5 Å². The lowest BCUT2D eigenvalue weighted by atomic mass is 9.98. The third-order valence-corrected chi connectivity index (χ3v) is 3.59. The standard InChI is InChI=1S/C14H22N2O3/c1-9-4-6-13(19-9)14(16-15)11-8-10(17-2)5-7-12(11)18-3/h5,7-9,13-14,16H,4,6,15H2,1-3H3. The fourth-order valence-corrected chi connectivity index (χ4v) is 2.56. The van der Waals surface area contributed by atoms with E-state index in [0.717, 1.165) is 29.9 Å². The van der Waals surface area contributed by atoms with Crippen LogP contribution in [0.4, 0.5) is 0 Å². The second-order valence-corrected chi connectivity index (χ2v) is 4.81. The second-order valence-electron chi connectivity index (χ2n) is 4.81. The van der Waals surface area contributed by atoms with Crippen molar-refractivity contribution < 1.29 is 14.2 Å². The van der Waals surface area contributed by atoms with Crippen LogP contribution in [0.15, 0.2) is 18.2 Å². The van der Waals surface area contributed by atoms with Crippen LogP contribution in [-0.4, -0.2) is 26.4 Å². The highest BCUT2D eigenvalue weighted by atomic mass is 16.5. The summed E-state index contributed by atoms with van der Waals surface area (Å²) >= 11 is 0. The van der Waals surface area contributed by atoms with Crippen LogP contribution in [0.2, 0.25) is 0 Å². The Morgan fingerprint density at radius 2 is 2.11 bits per heavy atom. The molecular weight excluding hydrogens is 244 g/mol. The molecule has 1 aliphatic heterocycles. The smallest absolute Gasteiger partial charge is 0.124 e. The van der Waals surface area contributed by atoms with E-state index in [9.17, 15) is 0 Å². The minimum atomic E-state index is -0.102. The van der Waals surface area contributed by atoms with E-state index in [2.05, 4.69) is 12.3 Å². The van der Waals surface area contributed by atoms with Crippen molar-refractivity contribution >= 4 is 0 Å². The van der Waals surface area contributed by atoms with E-state index in [-0.39, 0.29) is 18.2 Å². The topological polar surface area (TPSA) is 65.7 Å². The van der Waals surface area contributed by atoms with Crippen LogP contribution >= 0.6 is 0 Å². The van der Waals surface area contributed by atoms with Crippen molar-refractivity contribution in [2.24, 2.45) is 5.84 Å². The van der Waals surface area contributed by atoms with E-state index >= 15 is 0 Å². The van der Waals surface area contributed by atoms with Gasteiger partial charge in [0.2, 0.25) is 0 Å². The number of hydrazine groups is 1. The Morgan fingerprint density at radius 1 is 1.32 bits per heavy atom. The SMILES string of the molecule is COc1ccc(OC)c(C(NN)C2CCC(C)O2)c1. The summed E-state index contributed by atoms with van der Waals surface area (Å²) < 4.78 is 16.6. The van der Waals surface area contributed by atoms with E-state index in [1.807, 2.05) is 18.2 Å². The van der Waals surface area contributed by atoms with Crippen molar-refractivity contribution in [1.29, 1.82) is 0 Å². The molecule has 0 aliphatic carbocycles. The summed E-state index contributed by atoms with van der Waals surface area (Å²) in [7, 11) is 3.29. The normalized spacial score (nSPS) is 24.2. The minimum Gasteiger partial charge on any atom is -0.497 e. The average molecular weight is 266 g/mol. The monoisotopic (exact) mass is 266 g/mol. The van der Waals surface area contributed by atoms with Crippen LogP contribution < -0.4 is 20.7 Å². The average Bonchev–Trinajstić information content (AvgIpc) is 2.86. The number of rotatable bonds is 5. The van der Waals surface area contributed by atoms with E-state index in [4.69, 9.17) is 20.1 Å². The van der Waals surface area contributed by atoms with Gasteiger partial charge in [0.1, 0.15) is 11.5 Å². The summed E-state index contributed by atoms with van der Waals surface area (Å²) in [5.74, 6) is 7.28. The molecule has 1 aromatic carbocycles. The quantitative estimate of drug-likeness (QED) is 0.628. The maximum absolute atomic E-state index is 5.90. The van der Waals surface area contributed by atoms with E-state index < -0.39 is 0 Å². The van der Waals surface area contributed by atoms with E-state index in [1.54, 1.807) is 14.2 Å². The van der Waals surface area contributed by atoms with Gasteiger partial charge in [0.05, 0.1) is 32.5 Å². The molecule has 5 nitrogen and oxygen atoms in total. The molecule has 2 rings (SSSR count). The molecule has 1 saturated heterocycles. The Bertz CT molecular complexity index is 425. The molecule has 19 heavy (non-hydrogen) atoms. The lowest BCUT2D eigenvalue weighted by molar-refractivity contribution is 0.0310. The number of methoxy groups -OCH3 is 2. The third kappa shape index (κ3) is 3.00. The van der Waals surface area contributed by atoms with Crippen molar-refractivity contribution in [1.82, 2.24) is 5.43 Å². The molecule has 0 spiro atoms. The highest BCUT2D eigenvalue weighted by Gasteiger charge is 2.31. The summed E-state index contributed by atoms with van der Waals surface area (Å²) in [6.45, 7) is 2.08. The van der Waals surface area contributed by atoms with Crippen LogP contribution in [0.25, 0.3) is 0 Å². The fourth-order valence-electron chi connectivity index (χ4n) is 2.56. The number of hydrogen-bond donors (Lipinski definition) is 2. The van der Waals surface area contributed by atoms with Crippen molar-refractivity contribution in [2.45, 2.75) is 38.0 Å². The van der Waals surface area contributed by atoms with Crippen molar-refractivity contribution in [2.75, 3.05) is 14.2 Å². The first-order valence-corrected chi connectivity index (χ1v) is 6.53. The summed E-state index contributed by atoms with van der Waals surface area (Å²) in [6.07, 6.45) is 2.37. The van der Waals surface area contributed by atoms with Crippen LogP contribution in [0, 0.1) is 0 Å². The molecule has 0 bridgehead atoms. The van der Waals surface area contributed by atoms with Crippen molar-refractivity contribution in [3.8, 4) is 11.5 Å². The lowest BCUT2D eigenvalue weighted by Crippen LogP contribution is -2.36. The number of benzene rings is 1. The van der Waals surface area contributed by atoms with Crippen LogP contribution in [0.3, 0.4) is 0 Å². The molecule has 0 radical (unpaired) electrons.